The van der Waals surface area contributed by atoms with Crippen molar-refractivity contribution in [3.05, 3.63) is 0 Å². The van der Waals surface area contributed by atoms with Gasteiger partial charge in [-0.1, -0.05) is 6.92 Å². The van der Waals surface area contributed by atoms with Crippen molar-refractivity contribution in [2.45, 2.75) is 13.3 Å². The van der Waals surface area contributed by atoms with Crippen molar-refractivity contribution in [2.24, 2.45) is 0 Å². The van der Waals surface area contributed by atoms with Gasteiger partial charge < -0.3 is 10.0 Å². The summed E-state index contributed by atoms with van der Waals surface area (Å²) in [4.78, 5) is 35.1. The molecule has 0 aromatic carbocycles. The van der Waals surface area contributed by atoms with Crippen LogP contribution >= 0.6 is 0 Å². The zero-order valence-electron chi connectivity index (χ0n) is 7.89. The van der Waals surface area contributed by atoms with Crippen LogP contribution in [0.4, 0.5) is 4.79 Å². The molecule has 1 saturated heterocycles. The second kappa shape index (κ2) is 4.08. The second-order valence-electron chi connectivity index (χ2n) is 3.08. The number of urea groups is 1. The standard InChI is InChI=1S/C8H12N2O4/c1-2-3-10-6(11)4-9(8(10)14)5-7(12)13/h2-5H2,1H3,(H,12,13). The van der Waals surface area contributed by atoms with Crippen molar-refractivity contribution >= 4 is 17.9 Å². The molecule has 1 rings (SSSR count). The third kappa shape index (κ3) is 2.01. The minimum absolute atomic E-state index is 0.120. The van der Waals surface area contributed by atoms with Gasteiger partial charge in [0.05, 0.1) is 0 Å². The Morgan fingerprint density at radius 3 is 2.64 bits per heavy atom. The monoisotopic (exact) mass is 200 g/mol. The molecule has 0 radical (unpaired) electrons. The van der Waals surface area contributed by atoms with Gasteiger partial charge in [-0.15, -0.1) is 0 Å². The molecule has 0 spiro atoms. The van der Waals surface area contributed by atoms with Gasteiger partial charge in [-0.25, -0.2) is 4.79 Å². The first-order valence-corrected chi connectivity index (χ1v) is 4.37. The Balaban J connectivity index is 2.64. The zero-order valence-corrected chi connectivity index (χ0v) is 7.89. The summed E-state index contributed by atoms with van der Waals surface area (Å²) in [6.45, 7) is 1.67. The number of nitrogens with zero attached hydrogens (tertiary/aromatic N) is 2. The summed E-state index contributed by atoms with van der Waals surface area (Å²) in [6, 6.07) is -0.501. The molecule has 3 amide bonds. The summed E-state index contributed by atoms with van der Waals surface area (Å²) < 4.78 is 0. The van der Waals surface area contributed by atoms with Crippen LogP contribution in [0.3, 0.4) is 0 Å². The van der Waals surface area contributed by atoms with Crippen LogP contribution < -0.4 is 0 Å². The average Bonchev–Trinajstić information content (AvgIpc) is 2.32. The number of imide groups is 1. The Morgan fingerprint density at radius 1 is 1.50 bits per heavy atom. The SMILES string of the molecule is CCCN1C(=O)CN(CC(=O)O)C1=O. The molecule has 1 N–H and O–H groups in total. The molecule has 0 aromatic heterocycles. The van der Waals surface area contributed by atoms with Crippen molar-refractivity contribution in [1.82, 2.24) is 9.80 Å². The van der Waals surface area contributed by atoms with Crippen LogP contribution in [0.2, 0.25) is 0 Å². The van der Waals surface area contributed by atoms with Crippen LogP contribution in [0.25, 0.3) is 0 Å². The highest BCUT2D eigenvalue weighted by Gasteiger charge is 2.35. The van der Waals surface area contributed by atoms with Crippen molar-refractivity contribution in [2.75, 3.05) is 19.6 Å². The zero-order chi connectivity index (χ0) is 10.7. The molecule has 0 unspecified atom stereocenters. The van der Waals surface area contributed by atoms with Crippen molar-refractivity contribution < 1.29 is 19.5 Å². The molecule has 14 heavy (non-hydrogen) atoms. The van der Waals surface area contributed by atoms with E-state index in [9.17, 15) is 14.4 Å². The fourth-order valence-electron chi connectivity index (χ4n) is 1.32. The average molecular weight is 200 g/mol. The molecule has 6 heteroatoms. The first-order chi connectivity index (χ1) is 6.56. The van der Waals surface area contributed by atoms with E-state index < -0.39 is 18.5 Å². The number of carboxylic acids is 1. The first kappa shape index (κ1) is 10.5. The van der Waals surface area contributed by atoms with Gasteiger partial charge in [-0.05, 0) is 6.42 Å². The lowest BCUT2D eigenvalue weighted by Crippen LogP contribution is -2.35. The molecule has 0 saturated carbocycles. The number of aliphatic carboxylic acids is 1. The Labute approximate surface area is 81.1 Å². The number of hydrogen-bond acceptors (Lipinski definition) is 3. The summed E-state index contributed by atoms with van der Waals surface area (Å²) in [7, 11) is 0. The number of carboxylic acid groups (broad SMARTS) is 1. The molecule has 6 nitrogen and oxygen atoms in total. The Morgan fingerprint density at radius 2 is 2.14 bits per heavy atom. The molecule has 0 aromatic rings. The van der Waals surface area contributed by atoms with Gasteiger partial charge in [0.1, 0.15) is 13.1 Å². The van der Waals surface area contributed by atoms with Gasteiger partial charge in [-0.2, -0.15) is 0 Å². The van der Waals surface area contributed by atoms with Gasteiger partial charge in [0.2, 0.25) is 5.91 Å². The third-order valence-corrected chi connectivity index (χ3v) is 1.90. The van der Waals surface area contributed by atoms with Crippen LogP contribution in [-0.4, -0.2) is 52.4 Å². The maximum atomic E-state index is 11.4. The lowest BCUT2D eigenvalue weighted by Gasteiger charge is -2.14. The third-order valence-electron chi connectivity index (χ3n) is 1.90. The van der Waals surface area contributed by atoms with E-state index in [4.69, 9.17) is 5.11 Å². The fourth-order valence-corrected chi connectivity index (χ4v) is 1.32. The van der Waals surface area contributed by atoms with Crippen molar-refractivity contribution in [3.63, 3.8) is 0 Å². The van der Waals surface area contributed by atoms with E-state index in [1.54, 1.807) is 0 Å². The second-order valence-corrected chi connectivity index (χ2v) is 3.08. The molecular formula is C8H12N2O4. The van der Waals surface area contributed by atoms with Crippen LogP contribution in [0.5, 0.6) is 0 Å². The van der Waals surface area contributed by atoms with Gasteiger partial charge in [0.15, 0.2) is 0 Å². The quantitative estimate of drug-likeness (QED) is 0.634. The number of amides is 3. The van der Waals surface area contributed by atoms with Gasteiger partial charge in [0, 0.05) is 6.54 Å². The summed E-state index contributed by atoms with van der Waals surface area (Å²) in [6.07, 6.45) is 0.679. The predicted molar refractivity (Wildman–Crippen MR) is 46.6 cm³/mol. The van der Waals surface area contributed by atoms with Gasteiger partial charge in [0.25, 0.3) is 0 Å². The Hall–Kier alpha value is -1.59. The number of rotatable bonds is 4. The van der Waals surface area contributed by atoms with E-state index in [1.807, 2.05) is 6.92 Å². The number of hydrogen-bond donors (Lipinski definition) is 1. The highest BCUT2D eigenvalue weighted by Crippen LogP contribution is 2.09. The van der Waals surface area contributed by atoms with E-state index in [0.717, 1.165) is 9.80 Å². The molecule has 0 aliphatic carbocycles. The summed E-state index contributed by atoms with van der Waals surface area (Å²) >= 11 is 0. The van der Waals surface area contributed by atoms with Gasteiger partial charge in [-0.3, -0.25) is 14.5 Å². The number of carbonyl (C=O) groups is 3. The molecule has 0 bridgehead atoms. The lowest BCUT2D eigenvalue weighted by molar-refractivity contribution is -0.137. The molecule has 1 aliphatic rings. The Bertz CT molecular complexity index is 277. The largest absolute Gasteiger partial charge is 0.480 e. The molecule has 1 fully saturated rings. The van der Waals surface area contributed by atoms with E-state index in [1.165, 1.54) is 0 Å². The summed E-state index contributed by atoms with van der Waals surface area (Å²) in [5, 5.41) is 8.47. The topological polar surface area (TPSA) is 77.9 Å². The summed E-state index contributed by atoms with van der Waals surface area (Å²) in [5.41, 5.74) is 0. The fraction of sp³-hybridized carbons (Fsp3) is 0.625. The van der Waals surface area contributed by atoms with Crippen LogP contribution in [0.1, 0.15) is 13.3 Å². The minimum atomic E-state index is -1.11. The number of carbonyl (C=O) groups excluding carboxylic acids is 2. The van der Waals surface area contributed by atoms with Crippen LogP contribution in [0.15, 0.2) is 0 Å². The van der Waals surface area contributed by atoms with E-state index in [0.29, 0.717) is 13.0 Å². The predicted octanol–water partition coefficient (Wildman–Crippen LogP) is -0.255. The van der Waals surface area contributed by atoms with E-state index in [-0.39, 0.29) is 12.5 Å². The van der Waals surface area contributed by atoms with Crippen LogP contribution in [-0.2, 0) is 9.59 Å². The maximum absolute atomic E-state index is 11.4. The smallest absolute Gasteiger partial charge is 0.327 e. The molecular weight excluding hydrogens is 188 g/mol. The molecule has 1 aliphatic heterocycles. The van der Waals surface area contributed by atoms with E-state index in [2.05, 4.69) is 0 Å². The minimum Gasteiger partial charge on any atom is -0.480 e. The highest BCUT2D eigenvalue weighted by atomic mass is 16.4. The molecule has 1 heterocycles. The van der Waals surface area contributed by atoms with Crippen molar-refractivity contribution in [3.8, 4) is 0 Å². The maximum Gasteiger partial charge on any atom is 0.327 e. The highest BCUT2D eigenvalue weighted by molar-refractivity contribution is 6.02. The van der Waals surface area contributed by atoms with Crippen molar-refractivity contribution in [1.29, 1.82) is 0 Å². The first-order valence-electron chi connectivity index (χ1n) is 4.37. The molecule has 0 atom stereocenters. The van der Waals surface area contributed by atoms with E-state index >= 15 is 0 Å². The summed E-state index contributed by atoms with van der Waals surface area (Å²) in [5.74, 6) is -1.43. The van der Waals surface area contributed by atoms with Crippen LogP contribution in [0, 0.1) is 0 Å². The van der Waals surface area contributed by atoms with Gasteiger partial charge >= 0.3 is 12.0 Å². The Kier molecular flexibility index (Phi) is 3.06. The molecule has 78 valence electrons. The normalized spacial score (nSPS) is 16.6. The lowest BCUT2D eigenvalue weighted by atomic mass is 10.4.